The lowest BCUT2D eigenvalue weighted by Gasteiger charge is -2.06. The van der Waals surface area contributed by atoms with Gasteiger partial charge in [0.1, 0.15) is 6.04 Å². The number of hydrogen-bond donors (Lipinski definition) is 2. The highest BCUT2D eigenvalue weighted by atomic mass is 32.1. The molecule has 74 valence electrons. The molecular formula is C8H10N4OS. The molecule has 1 aliphatic heterocycles. The third-order valence-electron chi connectivity index (χ3n) is 2.21. The second-order valence-electron chi connectivity index (χ2n) is 3.18. The SMILES string of the molecule is CN1C(=O)[C@H](Cc2cnc[nH]2)NC1=S. The standard InChI is InChI=1S/C8H10N4OS/c1-12-7(13)6(11-8(12)14)2-5-3-9-4-10-5/h3-4,6H,2H2,1H3,(H,9,10)(H,11,14)/t6-/m0/s1. The second-order valence-corrected chi connectivity index (χ2v) is 3.57. The molecule has 2 heterocycles. The zero-order valence-corrected chi connectivity index (χ0v) is 8.47. The normalized spacial score (nSPS) is 21.5. The molecule has 6 heteroatoms. The lowest BCUT2D eigenvalue weighted by Crippen LogP contribution is -2.31. The van der Waals surface area contributed by atoms with E-state index in [9.17, 15) is 4.79 Å². The lowest BCUT2D eigenvalue weighted by molar-refractivity contribution is -0.126. The Morgan fingerprint density at radius 3 is 3.00 bits per heavy atom. The fourth-order valence-corrected chi connectivity index (χ4v) is 1.63. The Labute approximate surface area is 86.5 Å². The van der Waals surface area contributed by atoms with Gasteiger partial charge in [-0.3, -0.25) is 9.69 Å². The van der Waals surface area contributed by atoms with Gasteiger partial charge in [-0.05, 0) is 12.2 Å². The van der Waals surface area contributed by atoms with Gasteiger partial charge in [0.15, 0.2) is 5.11 Å². The van der Waals surface area contributed by atoms with Gasteiger partial charge in [0.2, 0.25) is 0 Å². The van der Waals surface area contributed by atoms with E-state index in [1.807, 2.05) is 0 Å². The van der Waals surface area contributed by atoms with Gasteiger partial charge in [0.25, 0.3) is 5.91 Å². The molecular weight excluding hydrogens is 200 g/mol. The van der Waals surface area contributed by atoms with Gasteiger partial charge in [-0.2, -0.15) is 0 Å². The number of hydrogen-bond acceptors (Lipinski definition) is 3. The number of rotatable bonds is 2. The molecule has 1 atom stereocenters. The van der Waals surface area contributed by atoms with Crippen LogP contribution < -0.4 is 5.32 Å². The molecule has 14 heavy (non-hydrogen) atoms. The van der Waals surface area contributed by atoms with Crippen LogP contribution in [0.15, 0.2) is 12.5 Å². The van der Waals surface area contributed by atoms with Crippen LogP contribution in [0.25, 0.3) is 0 Å². The van der Waals surface area contributed by atoms with Crippen molar-refractivity contribution < 1.29 is 4.79 Å². The smallest absolute Gasteiger partial charge is 0.251 e. The van der Waals surface area contributed by atoms with Crippen LogP contribution in [0.2, 0.25) is 0 Å². The molecule has 2 rings (SSSR count). The van der Waals surface area contributed by atoms with Gasteiger partial charge in [-0.1, -0.05) is 0 Å². The van der Waals surface area contributed by atoms with E-state index in [4.69, 9.17) is 12.2 Å². The zero-order valence-electron chi connectivity index (χ0n) is 7.65. The van der Waals surface area contributed by atoms with Crippen molar-refractivity contribution in [3.8, 4) is 0 Å². The lowest BCUT2D eigenvalue weighted by atomic mass is 10.2. The quantitative estimate of drug-likeness (QED) is 0.656. The molecule has 1 saturated heterocycles. The Morgan fingerprint density at radius 1 is 1.71 bits per heavy atom. The van der Waals surface area contributed by atoms with Crippen molar-refractivity contribution in [2.45, 2.75) is 12.5 Å². The topological polar surface area (TPSA) is 61.0 Å². The molecule has 0 unspecified atom stereocenters. The van der Waals surface area contributed by atoms with Gasteiger partial charge < -0.3 is 10.3 Å². The van der Waals surface area contributed by atoms with Crippen LogP contribution in [0.4, 0.5) is 0 Å². The molecule has 0 aromatic carbocycles. The fraction of sp³-hybridized carbons (Fsp3) is 0.375. The maximum absolute atomic E-state index is 11.6. The third-order valence-corrected chi connectivity index (χ3v) is 2.60. The van der Waals surface area contributed by atoms with E-state index in [2.05, 4.69) is 15.3 Å². The minimum absolute atomic E-state index is 0.00426. The number of aromatic amines is 1. The summed E-state index contributed by atoms with van der Waals surface area (Å²) in [6.45, 7) is 0. The number of imidazole rings is 1. The van der Waals surface area contributed by atoms with Gasteiger partial charge in [0.05, 0.1) is 6.33 Å². The van der Waals surface area contributed by atoms with Gasteiger partial charge >= 0.3 is 0 Å². The van der Waals surface area contributed by atoms with Gasteiger partial charge in [0, 0.05) is 25.4 Å². The molecule has 1 fully saturated rings. The van der Waals surface area contributed by atoms with Crippen LogP contribution in [0.3, 0.4) is 0 Å². The highest BCUT2D eigenvalue weighted by Crippen LogP contribution is 2.08. The first-order valence-electron chi connectivity index (χ1n) is 4.24. The van der Waals surface area contributed by atoms with Crippen LogP contribution in [0, 0.1) is 0 Å². The molecule has 2 N–H and O–H groups in total. The van der Waals surface area contributed by atoms with Crippen molar-refractivity contribution in [1.29, 1.82) is 0 Å². The summed E-state index contributed by atoms with van der Waals surface area (Å²) in [5.41, 5.74) is 0.925. The van der Waals surface area contributed by atoms with Crippen molar-refractivity contribution in [3.63, 3.8) is 0 Å². The number of aromatic nitrogens is 2. The second kappa shape index (κ2) is 3.38. The molecule has 1 aliphatic rings. The predicted molar refractivity (Wildman–Crippen MR) is 54.6 cm³/mol. The van der Waals surface area contributed by atoms with E-state index in [1.54, 1.807) is 19.6 Å². The Balaban J connectivity index is 2.07. The largest absolute Gasteiger partial charge is 0.350 e. The number of carbonyl (C=O) groups excluding carboxylic acids is 1. The number of likely N-dealkylation sites (N-methyl/N-ethyl adjacent to an activating group) is 1. The van der Waals surface area contributed by atoms with Crippen LogP contribution in [0.1, 0.15) is 5.69 Å². The third kappa shape index (κ3) is 1.48. The Kier molecular flexibility index (Phi) is 2.20. The van der Waals surface area contributed by atoms with E-state index >= 15 is 0 Å². The van der Waals surface area contributed by atoms with Crippen LogP contribution >= 0.6 is 12.2 Å². The van der Waals surface area contributed by atoms with Crippen LogP contribution in [-0.2, 0) is 11.2 Å². The summed E-state index contributed by atoms with van der Waals surface area (Å²) in [5, 5.41) is 3.44. The van der Waals surface area contributed by atoms with Crippen LogP contribution in [-0.4, -0.2) is 39.0 Å². The highest BCUT2D eigenvalue weighted by molar-refractivity contribution is 7.80. The van der Waals surface area contributed by atoms with E-state index in [1.165, 1.54) is 4.90 Å². The average molecular weight is 210 g/mol. The maximum Gasteiger partial charge on any atom is 0.251 e. The molecule has 0 saturated carbocycles. The summed E-state index contributed by atoms with van der Waals surface area (Å²) in [4.78, 5) is 19.9. The summed E-state index contributed by atoms with van der Waals surface area (Å²) < 4.78 is 0. The first-order valence-corrected chi connectivity index (χ1v) is 4.64. The number of amides is 1. The van der Waals surface area contributed by atoms with Crippen molar-refractivity contribution in [2.24, 2.45) is 0 Å². The molecule has 5 nitrogen and oxygen atoms in total. The summed E-state index contributed by atoms with van der Waals surface area (Å²) >= 11 is 4.96. The van der Waals surface area contributed by atoms with Crippen molar-refractivity contribution in [1.82, 2.24) is 20.2 Å². The molecule has 1 amide bonds. The summed E-state index contributed by atoms with van der Waals surface area (Å²) in [6, 6.07) is -0.257. The summed E-state index contributed by atoms with van der Waals surface area (Å²) in [7, 11) is 1.67. The highest BCUT2D eigenvalue weighted by Gasteiger charge is 2.32. The Hall–Kier alpha value is -1.43. The molecule has 0 bridgehead atoms. The monoisotopic (exact) mass is 210 g/mol. The number of nitrogens with zero attached hydrogens (tertiary/aromatic N) is 2. The number of carbonyl (C=O) groups is 1. The van der Waals surface area contributed by atoms with Crippen molar-refractivity contribution in [2.75, 3.05) is 7.05 Å². The molecule has 1 aromatic heterocycles. The maximum atomic E-state index is 11.6. The number of nitrogens with one attached hydrogen (secondary N) is 2. The van der Waals surface area contributed by atoms with E-state index in [0.717, 1.165) is 5.69 Å². The van der Waals surface area contributed by atoms with Gasteiger partial charge in [-0.25, -0.2) is 4.98 Å². The predicted octanol–water partition coefficient (Wildman–Crippen LogP) is -0.333. The molecule has 1 aromatic rings. The zero-order chi connectivity index (χ0) is 10.1. The first-order chi connectivity index (χ1) is 6.68. The van der Waals surface area contributed by atoms with Crippen molar-refractivity contribution in [3.05, 3.63) is 18.2 Å². The summed E-state index contributed by atoms with van der Waals surface area (Å²) in [5.74, 6) is 0.00426. The number of thiocarbonyl (C=S) groups is 1. The molecule has 0 aliphatic carbocycles. The fourth-order valence-electron chi connectivity index (χ4n) is 1.40. The van der Waals surface area contributed by atoms with E-state index < -0.39 is 0 Å². The van der Waals surface area contributed by atoms with E-state index in [-0.39, 0.29) is 11.9 Å². The van der Waals surface area contributed by atoms with Crippen LogP contribution in [0.5, 0.6) is 0 Å². The minimum atomic E-state index is -0.257. The minimum Gasteiger partial charge on any atom is -0.350 e. The summed E-state index contributed by atoms with van der Waals surface area (Å²) in [6.07, 6.45) is 3.89. The Morgan fingerprint density at radius 2 is 2.50 bits per heavy atom. The average Bonchev–Trinajstić information content (AvgIpc) is 2.73. The first kappa shape index (κ1) is 9.14. The van der Waals surface area contributed by atoms with E-state index in [0.29, 0.717) is 11.5 Å². The molecule has 0 spiro atoms. The molecule has 0 radical (unpaired) electrons. The van der Waals surface area contributed by atoms with Crippen molar-refractivity contribution >= 4 is 23.2 Å². The van der Waals surface area contributed by atoms with Gasteiger partial charge in [-0.15, -0.1) is 0 Å². The number of H-pyrrole nitrogens is 1. The Bertz CT molecular complexity index is 361.